The van der Waals surface area contributed by atoms with Crippen LogP contribution < -0.4 is 0 Å². The van der Waals surface area contributed by atoms with Gasteiger partial charge in [-0.15, -0.1) is 0 Å². The lowest BCUT2D eigenvalue weighted by Crippen LogP contribution is -2.15. The Balaban J connectivity index is 3.13. The van der Waals surface area contributed by atoms with Crippen LogP contribution in [0.15, 0.2) is 12.3 Å². The molecule has 0 atom stereocenters. The molecule has 0 spiro atoms. The average Bonchev–Trinajstić information content (AvgIpc) is 2.19. The van der Waals surface area contributed by atoms with Crippen LogP contribution in [0.5, 0.6) is 0 Å². The molecule has 3 nitrogen and oxygen atoms in total. The van der Waals surface area contributed by atoms with Gasteiger partial charge in [-0.25, -0.2) is 4.39 Å². The molecule has 0 bridgehead atoms. The third-order valence-corrected chi connectivity index (χ3v) is 1.78. The molecule has 0 radical (unpaired) electrons. The van der Waals surface area contributed by atoms with Gasteiger partial charge in [0.2, 0.25) is 0 Å². The molecule has 7 heteroatoms. The number of rotatable bonds is 2. The Morgan fingerprint density at radius 1 is 1.50 bits per heavy atom. The lowest BCUT2D eigenvalue weighted by Gasteiger charge is -2.10. The van der Waals surface area contributed by atoms with Crippen LogP contribution in [0.2, 0.25) is 0 Å². The molecule has 0 aliphatic carbocycles. The topological polar surface area (TPSA) is 39.2 Å². The van der Waals surface area contributed by atoms with E-state index in [4.69, 9.17) is 0 Å². The maximum absolute atomic E-state index is 12.6. The molecule has 1 aromatic rings. The van der Waals surface area contributed by atoms with Crippen molar-refractivity contribution in [2.24, 2.45) is 0 Å². The van der Waals surface area contributed by atoms with Crippen molar-refractivity contribution < 1.29 is 27.1 Å². The van der Waals surface area contributed by atoms with Crippen LogP contribution in [0.3, 0.4) is 0 Å². The maximum atomic E-state index is 12.6. The second kappa shape index (κ2) is 4.46. The van der Waals surface area contributed by atoms with Crippen LogP contribution in [0, 0.1) is 5.82 Å². The fraction of sp³-hybridized carbons (Fsp3) is 0.333. The number of carbonyl (C=O) groups is 1. The van der Waals surface area contributed by atoms with Crippen LogP contribution >= 0.6 is 0 Å². The van der Waals surface area contributed by atoms with Crippen molar-refractivity contribution in [3.63, 3.8) is 0 Å². The first-order valence-electron chi connectivity index (χ1n) is 4.13. The Bertz CT molecular complexity index is 403. The highest BCUT2D eigenvalue weighted by Crippen LogP contribution is 2.31. The number of pyridine rings is 1. The van der Waals surface area contributed by atoms with Gasteiger partial charge < -0.3 is 4.74 Å². The average molecular weight is 237 g/mol. The number of esters is 1. The van der Waals surface area contributed by atoms with Crippen LogP contribution in [0.1, 0.15) is 11.3 Å². The Labute approximate surface area is 88.0 Å². The number of aromatic nitrogens is 1. The van der Waals surface area contributed by atoms with Crippen molar-refractivity contribution in [2.45, 2.75) is 12.6 Å². The van der Waals surface area contributed by atoms with Crippen molar-refractivity contribution in [1.82, 2.24) is 4.98 Å². The summed E-state index contributed by atoms with van der Waals surface area (Å²) >= 11 is 0. The highest BCUT2D eigenvalue weighted by atomic mass is 19.4. The van der Waals surface area contributed by atoms with E-state index in [1.807, 2.05) is 0 Å². The third-order valence-electron chi connectivity index (χ3n) is 1.78. The standard InChI is InChI=1S/C9H7F4NO2/c1-16-8(15)3-7-6(9(11,12)13)2-5(10)4-14-7/h2,4H,3H2,1H3. The zero-order valence-corrected chi connectivity index (χ0v) is 8.14. The van der Waals surface area contributed by atoms with E-state index in [0.717, 1.165) is 7.11 Å². The van der Waals surface area contributed by atoms with Crippen LogP contribution in [0.25, 0.3) is 0 Å². The minimum Gasteiger partial charge on any atom is -0.469 e. The van der Waals surface area contributed by atoms with E-state index in [9.17, 15) is 22.4 Å². The highest BCUT2D eigenvalue weighted by Gasteiger charge is 2.35. The molecule has 1 aromatic heterocycles. The second-order valence-electron chi connectivity index (χ2n) is 2.90. The monoisotopic (exact) mass is 237 g/mol. The van der Waals surface area contributed by atoms with Gasteiger partial charge in [0.1, 0.15) is 5.82 Å². The molecule has 0 aromatic carbocycles. The van der Waals surface area contributed by atoms with E-state index < -0.39 is 35.6 Å². The zero-order chi connectivity index (χ0) is 12.3. The lowest BCUT2D eigenvalue weighted by atomic mass is 10.1. The molecular formula is C9H7F4NO2. The van der Waals surface area contributed by atoms with Gasteiger partial charge in [0.05, 0.1) is 31.0 Å². The van der Waals surface area contributed by atoms with Gasteiger partial charge in [-0.05, 0) is 6.07 Å². The lowest BCUT2D eigenvalue weighted by molar-refractivity contribution is -0.141. The van der Waals surface area contributed by atoms with Crippen LogP contribution in [-0.2, 0) is 22.1 Å². The summed E-state index contributed by atoms with van der Waals surface area (Å²) in [5.41, 5.74) is -1.82. The molecule has 16 heavy (non-hydrogen) atoms. The number of carbonyl (C=O) groups excluding carboxylic acids is 1. The summed E-state index contributed by atoms with van der Waals surface area (Å²) in [7, 11) is 1.04. The number of halogens is 4. The molecule has 1 rings (SSSR count). The molecule has 0 aliphatic heterocycles. The normalized spacial score (nSPS) is 11.3. The van der Waals surface area contributed by atoms with Crippen molar-refractivity contribution in [1.29, 1.82) is 0 Å². The fourth-order valence-corrected chi connectivity index (χ4v) is 1.06. The number of hydrogen-bond acceptors (Lipinski definition) is 3. The van der Waals surface area contributed by atoms with Crippen molar-refractivity contribution in [3.05, 3.63) is 29.3 Å². The predicted octanol–water partition coefficient (Wildman–Crippen LogP) is 1.95. The van der Waals surface area contributed by atoms with Gasteiger partial charge in [0.15, 0.2) is 0 Å². The number of nitrogens with zero attached hydrogens (tertiary/aromatic N) is 1. The molecule has 0 amide bonds. The number of methoxy groups -OCH3 is 1. The first-order valence-corrected chi connectivity index (χ1v) is 4.13. The number of hydrogen-bond donors (Lipinski definition) is 0. The molecular weight excluding hydrogens is 230 g/mol. The Hall–Kier alpha value is -1.66. The van der Waals surface area contributed by atoms with E-state index in [2.05, 4.69) is 9.72 Å². The minimum absolute atomic E-state index is 0.297. The van der Waals surface area contributed by atoms with Crippen molar-refractivity contribution in [2.75, 3.05) is 7.11 Å². The minimum atomic E-state index is -4.75. The molecule has 0 N–H and O–H groups in total. The van der Waals surface area contributed by atoms with E-state index in [0.29, 0.717) is 12.3 Å². The smallest absolute Gasteiger partial charge is 0.418 e. The van der Waals surface area contributed by atoms with Crippen molar-refractivity contribution in [3.8, 4) is 0 Å². The molecule has 0 fully saturated rings. The SMILES string of the molecule is COC(=O)Cc1ncc(F)cc1C(F)(F)F. The quantitative estimate of drug-likeness (QED) is 0.583. The summed E-state index contributed by atoms with van der Waals surface area (Å²) in [6.07, 6.45) is -4.78. The Kier molecular flexibility index (Phi) is 3.46. The van der Waals surface area contributed by atoms with Gasteiger partial charge in [-0.1, -0.05) is 0 Å². The van der Waals surface area contributed by atoms with Gasteiger partial charge >= 0.3 is 12.1 Å². The van der Waals surface area contributed by atoms with Gasteiger partial charge in [-0.2, -0.15) is 13.2 Å². The number of alkyl halides is 3. The summed E-state index contributed by atoms with van der Waals surface area (Å²) in [5, 5.41) is 0. The fourth-order valence-electron chi connectivity index (χ4n) is 1.06. The van der Waals surface area contributed by atoms with Gasteiger partial charge in [-0.3, -0.25) is 9.78 Å². The first-order chi connectivity index (χ1) is 7.34. The van der Waals surface area contributed by atoms with Crippen LogP contribution in [0.4, 0.5) is 17.6 Å². The summed E-state index contributed by atoms with van der Waals surface area (Å²) < 4.78 is 54.1. The highest BCUT2D eigenvalue weighted by molar-refractivity contribution is 5.72. The molecule has 0 saturated heterocycles. The summed E-state index contributed by atoms with van der Waals surface area (Å²) in [6, 6.07) is 0.297. The largest absolute Gasteiger partial charge is 0.469 e. The van der Waals surface area contributed by atoms with Crippen molar-refractivity contribution >= 4 is 5.97 Å². The Morgan fingerprint density at radius 3 is 2.62 bits per heavy atom. The third kappa shape index (κ3) is 2.91. The van der Waals surface area contributed by atoms with E-state index in [1.165, 1.54) is 0 Å². The Morgan fingerprint density at radius 2 is 2.12 bits per heavy atom. The maximum Gasteiger partial charge on any atom is 0.418 e. The number of ether oxygens (including phenoxy) is 1. The van der Waals surface area contributed by atoms with Crippen LogP contribution in [-0.4, -0.2) is 18.1 Å². The molecule has 0 aliphatic rings. The van der Waals surface area contributed by atoms with Gasteiger partial charge in [0, 0.05) is 0 Å². The second-order valence-corrected chi connectivity index (χ2v) is 2.90. The predicted molar refractivity (Wildman–Crippen MR) is 44.9 cm³/mol. The van der Waals surface area contributed by atoms with E-state index in [-0.39, 0.29) is 0 Å². The molecule has 88 valence electrons. The van der Waals surface area contributed by atoms with E-state index >= 15 is 0 Å². The molecule has 1 heterocycles. The first kappa shape index (κ1) is 12.4. The van der Waals surface area contributed by atoms with Gasteiger partial charge in [0.25, 0.3) is 0 Å². The van der Waals surface area contributed by atoms with E-state index in [1.54, 1.807) is 0 Å². The summed E-state index contributed by atoms with van der Waals surface area (Å²) in [4.78, 5) is 14.1. The summed E-state index contributed by atoms with van der Waals surface area (Å²) in [6.45, 7) is 0. The zero-order valence-electron chi connectivity index (χ0n) is 8.14. The molecule has 0 unspecified atom stereocenters. The summed E-state index contributed by atoms with van der Waals surface area (Å²) in [5.74, 6) is -1.98. The molecule has 0 saturated carbocycles.